The molecule has 1 fully saturated rings. The first kappa shape index (κ1) is 34.3. The van der Waals surface area contributed by atoms with Crippen molar-refractivity contribution in [2.75, 3.05) is 6.61 Å². The predicted molar refractivity (Wildman–Crippen MR) is 171 cm³/mol. The van der Waals surface area contributed by atoms with Crippen LogP contribution >= 0.6 is 0 Å². The van der Waals surface area contributed by atoms with Gasteiger partial charge in [-0.3, -0.25) is 0 Å². The number of ether oxygens (including phenoxy) is 5. The first-order valence-electron chi connectivity index (χ1n) is 15.1. The molecule has 242 valence electrons. The van der Waals surface area contributed by atoms with Gasteiger partial charge in [0.1, 0.15) is 6.10 Å². The van der Waals surface area contributed by atoms with Crippen LogP contribution in [0.1, 0.15) is 64.7 Å². The Balaban J connectivity index is 1.76. The fraction of sp³-hybridized carbons (Fsp3) is 0.324. The minimum absolute atomic E-state index is 0.214. The second-order valence-corrected chi connectivity index (χ2v) is 11.4. The average molecular weight is 629 g/mol. The highest BCUT2D eigenvalue weighted by Crippen LogP contribution is 2.34. The summed E-state index contributed by atoms with van der Waals surface area (Å²) in [6.07, 6.45) is -2.03. The smallest absolute Gasteiger partial charge is 0.338 e. The number of hydrogen-bond acceptors (Lipinski definition) is 9. The maximum atomic E-state index is 13.5. The van der Waals surface area contributed by atoms with Crippen LogP contribution in [0, 0.1) is 0 Å². The Labute approximate surface area is 269 Å². The number of rotatable bonds is 13. The summed E-state index contributed by atoms with van der Waals surface area (Å²) < 4.78 is 30.5. The third-order valence-electron chi connectivity index (χ3n) is 7.54. The largest absolute Gasteiger partial charge is 0.452 e. The second kappa shape index (κ2) is 16.1. The van der Waals surface area contributed by atoms with Gasteiger partial charge >= 0.3 is 17.9 Å². The molecule has 3 aromatic rings. The van der Waals surface area contributed by atoms with E-state index in [-0.39, 0.29) is 16.7 Å². The fourth-order valence-corrected chi connectivity index (χ4v) is 4.94. The Bertz CT molecular complexity index is 1480. The van der Waals surface area contributed by atoms with Crippen LogP contribution in [0.4, 0.5) is 0 Å². The molecule has 9 heteroatoms. The van der Waals surface area contributed by atoms with Crippen molar-refractivity contribution in [3.05, 3.63) is 132 Å². The molecule has 0 aliphatic carbocycles. The van der Waals surface area contributed by atoms with Gasteiger partial charge < -0.3 is 28.8 Å². The molecule has 9 nitrogen and oxygen atoms in total. The molecule has 1 aliphatic heterocycles. The molecule has 1 N–H and O–H groups in total. The van der Waals surface area contributed by atoms with Gasteiger partial charge in [0, 0.05) is 0 Å². The van der Waals surface area contributed by atoms with E-state index in [0.29, 0.717) is 12.8 Å². The lowest BCUT2D eigenvalue weighted by Crippen LogP contribution is -2.63. The standard InChI is InChI=1S/C37H40O9/c1-5-37(4,23-15-16-25(2)3)46-36-32(45-35(41)28-21-13-8-14-22-28)31(44-34(40)27-19-11-7-12-20-27)30(29(24-38)42-36)43-33(39)26-17-9-6-10-18-26/h5-14,16-22,29-32,36,38H,1,15,23-24H2,2-4H3/t29-,30-,31+,32-,36+,37-/m1/s1. The zero-order chi connectivity index (χ0) is 33.1. The highest BCUT2D eigenvalue weighted by atomic mass is 16.7. The minimum atomic E-state index is -1.45. The van der Waals surface area contributed by atoms with E-state index in [9.17, 15) is 19.5 Å². The molecule has 0 aromatic heterocycles. The number of carbonyl (C=O) groups excluding carboxylic acids is 3. The van der Waals surface area contributed by atoms with Crippen molar-refractivity contribution in [2.24, 2.45) is 0 Å². The molecule has 0 saturated carbocycles. The molecular formula is C37H40O9. The molecule has 0 spiro atoms. The van der Waals surface area contributed by atoms with Crippen molar-refractivity contribution >= 4 is 17.9 Å². The number of allylic oxidation sites excluding steroid dienone is 2. The topological polar surface area (TPSA) is 118 Å². The van der Waals surface area contributed by atoms with Crippen molar-refractivity contribution in [1.82, 2.24) is 0 Å². The van der Waals surface area contributed by atoms with E-state index >= 15 is 0 Å². The monoisotopic (exact) mass is 628 g/mol. The Morgan fingerprint density at radius 2 is 1.20 bits per heavy atom. The second-order valence-electron chi connectivity index (χ2n) is 11.4. The van der Waals surface area contributed by atoms with E-state index in [1.807, 2.05) is 13.8 Å². The van der Waals surface area contributed by atoms with Crippen LogP contribution in [0.2, 0.25) is 0 Å². The summed E-state index contributed by atoms with van der Waals surface area (Å²) in [7, 11) is 0. The lowest BCUT2D eigenvalue weighted by molar-refractivity contribution is -0.317. The molecule has 0 bridgehead atoms. The molecule has 1 saturated heterocycles. The molecule has 4 rings (SSSR count). The fourth-order valence-electron chi connectivity index (χ4n) is 4.94. The van der Waals surface area contributed by atoms with Gasteiger partial charge in [0.05, 0.1) is 28.9 Å². The Morgan fingerprint density at radius 1 is 0.761 bits per heavy atom. The number of aliphatic hydroxyl groups is 1. The van der Waals surface area contributed by atoms with Crippen LogP contribution in [0.15, 0.2) is 115 Å². The van der Waals surface area contributed by atoms with Gasteiger partial charge in [0.25, 0.3) is 0 Å². The van der Waals surface area contributed by atoms with E-state index in [1.54, 1.807) is 104 Å². The molecule has 0 amide bonds. The summed E-state index contributed by atoms with van der Waals surface area (Å²) in [5, 5.41) is 10.5. The van der Waals surface area contributed by atoms with Crippen LogP contribution in [0.5, 0.6) is 0 Å². The first-order valence-corrected chi connectivity index (χ1v) is 15.1. The SMILES string of the molecule is C=C[C@](C)(CCC=C(C)C)O[C@@H]1O[C@H](CO)[C@@H](OC(=O)c2ccccc2)[C@H](OC(=O)c2ccccc2)[C@H]1OC(=O)c1ccccc1. The van der Waals surface area contributed by atoms with Crippen molar-refractivity contribution in [1.29, 1.82) is 0 Å². The van der Waals surface area contributed by atoms with Crippen molar-refractivity contribution in [3.8, 4) is 0 Å². The van der Waals surface area contributed by atoms with Gasteiger partial charge in [-0.15, -0.1) is 6.58 Å². The van der Waals surface area contributed by atoms with Crippen LogP contribution in [0.25, 0.3) is 0 Å². The van der Waals surface area contributed by atoms with Gasteiger partial charge in [0.2, 0.25) is 0 Å². The number of aliphatic hydroxyl groups excluding tert-OH is 1. The lowest BCUT2D eigenvalue weighted by atomic mass is 9.95. The molecule has 1 heterocycles. The molecule has 1 aliphatic rings. The molecule has 0 unspecified atom stereocenters. The van der Waals surface area contributed by atoms with Crippen LogP contribution in [-0.2, 0) is 23.7 Å². The summed E-state index contributed by atoms with van der Waals surface area (Å²) in [6, 6.07) is 24.7. The maximum Gasteiger partial charge on any atom is 0.338 e. The van der Waals surface area contributed by atoms with Gasteiger partial charge in [-0.1, -0.05) is 72.3 Å². The zero-order valence-electron chi connectivity index (χ0n) is 26.2. The maximum absolute atomic E-state index is 13.5. The van der Waals surface area contributed by atoms with Crippen molar-refractivity contribution < 1.29 is 43.2 Å². The van der Waals surface area contributed by atoms with E-state index < -0.39 is 60.8 Å². The molecule has 46 heavy (non-hydrogen) atoms. The summed E-state index contributed by atoms with van der Waals surface area (Å²) in [6.45, 7) is 9.10. The van der Waals surface area contributed by atoms with Gasteiger partial charge in [0.15, 0.2) is 24.6 Å². The van der Waals surface area contributed by atoms with Gasteiger partial charge in [-0.25, -0.2) is 14.4 Å². The zero-order valence-corrected chi connectivity index (χ0v) is 26.2. The van der Waals surface area contributed by atoms with Crippen LogP contribution in [-0.4, -0.2) is 65.9 Å². The summed E-state index contributed by atoms with van der Waals surface area (Å²) in [4.78, 5) is 40.3. The molecular weight excluding hydrogens is 588 g/mol. The molecule has 0 radical (unpaired) electrons. The average Bonchev–Trinajstić information content (AvgIpc) is 3.07. The first-order chi connectivity index (χ1) is 22.1. The molecule has 6 atom stereocenters. The summed E-state index contributed by atoms with van der Waals surface area (Å²) in [5.74, 6) is -2.26. The van der Waals surface area contributed by atoms with Crippen LogP contribution < -0.4 is 0 Å². The van der Waals surface area contributed by atoms with E-state index in [2.05, 4.69) is 12.7 Å². The summed E-state index contributed by atoms with van der Waals surface area (Å²) in [5.41, 5.74) is 0.807. The third-order valence-corrected chi connectivity index (χ3v) is 7.54. The third kappa shape index (κ3) is 9.00. The number of hydrogen-bond donors (Lipinski definition) is 1. The lowest BCUT2D eigenvalue weighted by Gasteiger charge is -2.46. The Morgan fingerprint density at radius 3 is 1.61 bits per heavy atom. The van der Waals surface area contributed by atoms with Gasteiger partial charge in [-0.2, -0.15) is 0 Å². The van der Waals surface area contributed by atoms with E-state index in [4.69, 9.17) is 23.7 Å². The highest BCUT2D eigenvalue weighted by Gasteiger charge is 2.54. The normalized spacial score (nSPS) is 22.0. The van der Waals surface area contributed by atoms with Crippen LogP contribution in [0.3, 0.4) is 0 Å². The van der Waals surface area contributed by atoms with Gasteiger partial charge in [-0.05, 0) is 70.0 Å². The quantitative estimate of drug-likeness (QED) is 0.136. The highest BCUT2D eigenvalue weighted by molar-refractivity contribution is 5.91. The Hall–Kier alpha value is -4.57. The summed E-state index contributed by atoms with van der Waals surface area (Å²) >= 11 is 0. The predicted octanol–water partition coefficient (Wildman–Crippen LogP) is 6.09. The van der Waals surface area contributed by atoms with E-state index in [0.717, 1.165) is 5.57 Å². The number of benzene rings is 3. The van der Waals surface area contributed by atoms with E-state index in [1.165, 1.54) is 0 Å². The van der Waals surface area contributed by atoms with Crippen molar-refractivity contribution in [2.45, 2.75) is 69.9 Å². The minimum Gasteiger partial charge on any atom is -0.452 e. The number of esters is 3. The Kier molecular flexibility index (Phi) is 12.0. The number of carbonyl (C=O) groups is 3. The molecule has 3 aromatic carbocycles. The van der Waals surface area contributed by atoms with Crippen molar-refractivity contribution in [3.63, 3.8) is 0 Å².